The summed E-state index contributed by atoms with van der Waals surface area (Å²) in [6.45, 7) is 3.93. The molecule has 1 N–H and O–H groups in total. The molecule has 144 valence electrons. The quantitative estimate of drug-likeness (QED) is 0.462. The van der Waals surface area contributed by atoms with Crippen LogP contribution in [0.1, 0.15) is 38.8 Å². The summed E-state index contributed by atoms with van der Waals surface area (Å²) in [5.74, 6) is -0.908. The van der Waals surface area contributed by atoms with Crippen molar-refractivity contribution in [1.29, 1.82) is 0 Å². The molecule has 0 bridgehead atoms. The minimum atomic E-state index is -4.65. The number of rotatable bonds is 7. The standard InChI is InChI=1S/C16H20BrF4NO2.ClH/c1-4-24-14(23)12(9-15(2,3)18)22-13(16(19,20)21)10-5-7-11(17)8-6-10;/h5-8,12-13,22H,4,9H2,1-3H3;1H/t12-,13-;/m0./s1. The van der Waals surface area contributed by atoms with Crippen molar-refractivity contribution in [3.05, 3.63) is 34.3 Å². The molecule has 9 heteroatoms. The third-order valence-corrected chi connectivity index (χ3v) is 3.69. The summed E-state index contributed by atoms with van der Waals surface area (Å²) in [4.78, 5) is 11.9. The highest BCUT2D eigenvalue weighted by Gasteiger charge is 2.44. The average molecular weight is 451 g/mol. The largest absolute Gasteiger partial charge is 0.465 e. The van der Waals surface area contributed by atoms with Gasteiger partial charge in [0.25, 0.3) is 0 Å². The van der Waals surface area contributed by atoms with Crippen LogP contribution in [0.3, 0.4) is 0 Å². The predicted molar refractivity (Wildman–Crippen MR) is 93.5 cm³/mol. The van der Waals surface area contributed by atoms with Crippen LogP contribution < -0.4 is 5.32 Å². The van der Waals surface area contributed by atoms with Crippen molar-refractivity contribution >= 4 is 34.3 Å². The molecule has 25 heavy (non-hydrogen) atoms. The molecule has 0 saturated carbocycles. The molecule has 0 aliphatic heterocycles. The smallest absolute Gasteiger partial charge is 0.407 e. The molecule has 0 spiro atoms. The fraction of sp³-hybridized carbons (Fsp3) is 0.562. The lowest BCUT2D eigenvalue weighted by atomic mass is 9.98. The number of halogens is 6. The second-order valence-corrected chi connectivity index (χ2v) is 6.84. The minimum Gasteiger partial charge on any atom is -0.465 e. The Hall–Kier alpha value is -0.860. The number of hydrogen-bond donors (Lipinski definition) is 1. The van der Waals surface area contributed by atoms with Crippen molar-refractivity contribution in [2.24, 2.45) is 0 Å². The Labute approximate surface area is 159 Å². The Balaban J connectivity index is 0.00000576. The second-order valence-electron chi connectivity index (χ2n) is 5.92. The van der Waals surface area contributed by atoms with Gasteiger partial charge in [0.05, 0.1) is 6.61 Å². The lowest BCUT2D eigenvalue weighted by molar-refractivity contribution is -0.165. The van der Waals surface area contributed by atoms with Gasteiger partial charge in [-0.1, -0.05) is 28.1 Å². The lowest BCUT2D eigenvalue weighted by Crippen LogP contribution is -2.47. The van der Waals surface area contributed by atoms with Gasteiger partial charge in [0.2, 0.25) is 0 Å². The molecule has 1 aromatic carbocycles. The van der Waals surface area contributed by atoms with E-state index in [4.69, 9.17) is 4.74 Å². The number of hydrogen-bond acceptors (Lipinski definition) is 3. The van der Waals surface area contributed by atoms with Crippen LogP contribution in [-0.2, 0) is 9.53 Å². The first-order valence-electron chi connectivity index (χ1n) is 7.38. The summed E-state index contributed by atoms with van der Waals surface area (Å²) in [5.41, 5.74) is -1.91. The van der Waals surface area contributed by atoms with Gasteiger partial charge < -0.3 is 4.74 Å². The van der Waals surface area contributed by atoms with Gasteiger partial charge in [0, 0.05) is 10.9 Å². The number of benzene rings is 1. The van der Waals surface area contributed by atoms with Gasteiger partial charge in [-0.2, -0.15) is 13.2 Å². The van der Waals surface area contributed by atoms with Crippen LogP contribution >= 0.6 is 28.3 Å². The monoisotopic (exact) mass is 449 g/mol. The molecule has 1 rings (SSSR count). The number of carbonyl (C=O) groups excluding carboxylic acids is 1. The number of ether oxygens (including phenoxy) is 1. The van der Waals surface area contributed by atoms with Crippen LogP contribution in [0.5, 0.6) is 0 Å². The maximum Gasteiger partial charge on any atom is 0.407 e. The van der Waals surface area contributed by atoms with E-state index in [-0.39, 0.29) is 24.6 Å². The van der Waals surface area contributed by atoms with E-state index in [1.807, 2.05) is 0 Å². The van der Waals surface area contributed by atoms with Crippen LogP contribution in [0.2, 0.25) is 0 Å². The summed E-state index contributed by atoms with van der Waals surface area (Å²) >= 11 is 3.15. The van der Waals surface area contributed by atoms with Gasteiger partial charge in [0.15, 0.2) is 0 Å². The molecular formula is C16H21BrClF4NO2. The van der Waals surface area contributed by atoms with Crippen molar-refractivity contribution in [1.82, 2.24) is 5.32 Å². The van der Waals surface area contributed by atoms with E-state index >= 15 is 0 Å². The van der Waals surface area contributed by atoms with E-state index in [2.05, 4.69) is 21.2 Å². The zero-order valence-corrected chi connectivity index (χ0v) is 16.4. The summed E-state index contributed by atoms with van der Waals surface area (Å²) in [6.07, 6.45) is -5.09. The second kappa shape index (κ2) is 9.73. The van der Waals surface area contributed by atoms with E-state index in [1.54, 1.807) is 0 Å². The van der Waals surface area contributed by atoms with Gasteiger partial charge in [-0.25, -0.2) is 4.39 Å². The third-order valence-electron chi connectivity index (χ3n) is 3.16. The number of nitrogens with one attached hydrogen (secondary N) is 1. The lowest BCUT2D eigenvalue weighted by Gasteiger charge is -2.29. The topological polar surface area (TPSA) is 38.3 Å². The van der Waals surface area contributed by atoms with Crippen LogP contribution in [-0.4, -0.2) is 30.5 Å². The van der Waals surface area contributed by atoms with Gasteiger partial charge in [-0.15, -0.1) is 12.4 Å². The van der Waals surface area contributed by atoms with Crippen LogP contribution in [0.25, 0.3) is 0 Å². The molecule has 0 aromatic heterocycles. The van der Waals surface area contributed by atoms with Crippen molar-refractivity contribution in [2.45, 2.75) is 51.1 Å². The normalized spacial score (nSPS) is 14.4. The highest BCUT2D eigenvalue weighted by molar-refractivity contribution is 9.10. The van der Waals surface area contributed by atoms with Crippen LogP contribution in [0.15, 0.2) is 28.7 Å². The summed E-state index contributed by atoms with van der Waals surface area (Å²) < 4.78 is 59.6. The maximum atomic E-state index is 13.9. The zero-order chi connectivity index (χ0) is 18.5. The molecule has 1 aromatic rings. The van der Waals surface area contributed by atoms with Crippen LogP contribution in [0.4, 0.5) is 17.6 Å². The molecule has 3 nitrogen and oxygen atoms in total. The van der Waals surface area contributed by atoms with Crippen molar-refractivity contribution in [3.63, 3.8) is 0 Å². The van der Waals surface area contributed by atoms with Gasteiger partial charge in [0.1, 0.15) is 17.8 Å². The molecule has 2 atom stereocenters. The Bertz CT molecular complexity index is 547. The van der Waals surface area contributed by atoms with Crippen molar-refractivity contribution in [3.8, 4) is 0 Å². The first kappa shape index (κ1) is 24.1. The summed E-state index contributed by atoms with van der Waals surface area (Å²) in [5, 5.41) is 2.22. The van der Waals surface area contributed by atoms with E-state index in [0.717, 1.165) is 0 Å². The van der Waals surface area contributed by atoms with E-state index in [0.29, 0.717) is 4.47 Å². The van der Waals surface area contributed by atoms with E-state index in [1.165, 1.54) is 45.0 Å². The Morgan fingerprint density at radius 1 is 1.20 bits per heavy atom. The Morgan fingerprint density at radius 3 is 2.12 bits per heavy atom. The van der Waals surface area contributed by atoms with Crippen LogP contribution in [0, 0.1) is 0 Å². The number of carbonyl (C=O) groups is 1. The minimum absolute atomic E-state index is 0. The van der Waals surface area contributed by atoms with E-state index < -0.39 is 36.3 Å². The number of esters is 1. The molecule has 0 aliphatic rings. The molecule has 0 fully saturated rings. The van der Waals surface area contributed by atoms with Gasteiger partial charge >= 0.3 is 12.1 Å². The molecule has 0 aliphatic carbocycles. The zero-order valence-electron chi connectivity index (χ0n) is 14.0. The van der Waals surface area contributed by atoms with Crippen molar-refractivity contribution < 1.29 is 27.1 Å². The fourth-order valence-electron chi connectivity index (χ4n) is 2.17. The highest BCUT2D eigenvalue weighted by atomic mass is 79.9. The molecule has 0 unspecified atom stereocenters. The maximum absolute atomic E-state index is 13.9. The van der Waals surface area contributed by atoms with Gasteiger partial charge in [-0.05, 0) is 38.5 Å². The van der Waals surface area contributed by atoms with Gasteiger partial charge in [-0.3, -0.25) is 10.1 Å². The third kappa shape index (κ3) is 8.37. The SMILES string of the molecule is CCOC(=O)[C@H](CC(C)(C)F)N[C@@H](c1ccc(Br)cc1)C(F)(F)F.Cl. The first-order chi connectivity index (χ1) is 10.9. The molecule has 0 radical (unpaired) electrons. The predicted octanol–water partition coefficient (Wildman–Crippen LogP) is 5.13. The van der Waals surface area contributed by atoms with Crippen molar-refractivity contribution in [2.75, 3.05) is 6.61 Å². The first-order valence-corrected chi connectivity index (χ1v) is 8.17. The summed E-state index contributed by atoms with van der Waals surface area (Å²) in [7, 11) is 0. The fourth-order valence-corrected chi connectivity index (χ4v) is 2.44. The Kier molecular flexibility index (Phi) is 9.40. The summed E-state index contributed by atoms with van der Waals surface area (Å²) in [6, 6.07) is 1.99. The number of alkyl halides is 4. The molecule has 0 saturated heterocycles. The molecule has 0 heterocycles. The Morgan fingerprint density at radius 2 is 1.72 bits per heavy atom. The molecule has 0 amide bonds. The average Bonchev–Trinajstić information content (AvgIpc) is 2.42. The highest BCUT2D eigenvalue weighted by Crippen LogP contribution is 2.34. The molecular weight excluding hydrogens is 430 g/mol. The van der Waals surface area contributed by atoms with E-state index in [9.17, 15) is 22.4 Å².